The molecular formula is C19H18ClN3O5S. The monoisotopic (exact) mass is 435 g/mol. The summed E-state index contributed by atoms with van der Waals surface area (Å²) in [6, 6.07) is 11.8. The molecule has 0 aliphatic carbocycles. The molecule has 10 heteroatoms. The van der Waals surface area contributed by atoms with Crippen molar-refractivity contribution in [1.29, 1.82) is 0 Å². The summed E-state index contributed by atoms with van der Waals surface area (Å²) in [7, 11) is -3.71. The highest BCUT2D eigenvalue weighted by Crippen LogP contribution is 2.22. The fourth-order valence-electron chi connectivity index (χ4n) is 2.61. The van der Waals surface area contributed by atoms with Gasteiger partial charge in [-0.15, -0.1) is 0 Å². The molecule has 2 aromatic carbocycles. The number of nitrogens with one attached hydrogen (secondary N) is 2. The molecule has 2 atom stereocenters. The average molecular weight is 436 g/mol. The van der Waals surface area contributed by atoms with Crippen LogP contribution in [0.5, 0.6) is 0 Å². The van der Waals surface area contributed by atoms with Crippen molar-refractivity contribution in [2.24, 2.45) is 4.99 Å². The predicted octanol–water partition coefficient (Wildman–Crippen LogP) is 2.34. The van der Waals surface area contributed by atoms with E-state index in [9.17, 15) is 18.0 Å². The molecule has 2 aromatic rings. The lowest BCUT2D eigenvalue weighted by molar-refractivity contribution is -0.153. The Morgan fingerprint density at radius 2 is 1.86 bits per heavy atom. The van der Waals surface area contributed by atoms with Crippen molar-refractivity contribution in [3.05, 3.63) is 59.1 Å². The van der Waals surface area contributed by atoms with E-state index < -0.39 is 34.0 Å². The number of esters is 1. The van der Waals surface area contributed by atoms with Gasteiger partial charge in [-0.25, -0.2) is 13.2 Å². The number of nitrogens with zero attached hydrogens (tertiary/aromatic N) is 1. The van der Waals surface area contributed by atoms with Gasteiger partial charge in [-0.2, -0.15) is 0 Å². The Labute approximate surface area is 173 Å². The van der Waals surface area contributed by atoms with E-state index in [-0.39, 0.29) is 10.7 Å². The van der Waals surface area contributed by atoms with Gasteiger partial charge in [0.2, 0.25) is 0 Å². The van der Waals surface area contributed by atoms with Crippen LogP contribution in [0.1, 0.15) is 19.4 Å². The second-order valence-electron chi connectivity index (χ2n) is 6.33. The van der Waals surface area contributed by atoms with E-state index in [1.807, 2.05) is 0 Å². The molecule has 0 saturated carbocycles. The van der Waals surface area contributed by atoms with Gasteiger partial charge in [0.25, 0.3) is 15.9 Å². The zero-order chi connectivity index (χ0) is 21.2. The van der Waals surface area contributed by atoms with Crippen molar-refractivity contribution in [2.45, 2.75) is 30.9 Å². The van der Waals surface area contributed by atoms with Crippen molar-refractivity contribution < 1.29 is 22.7 Å². The van der Waals surface area contributed by atoms with Crippen LogP contribution in [-0.2, 0) is 24.3 Å². The SMILES string of the molecule is CC(OC(=O)[C@H](C)N=C1NS(=O)(=O)c2ccccc21)C(=O)Nc1cccc(Cl)c1. The van der Waals surface area contributed by atoms with Crippen molar-refractivity contribution in [3.8, 4) is 0 Å². The minimum Gasteiger partial charge on any atom is -0.451 e. The third kappa shape index (κ3) is 4.75. The van der Waals surface area contributed by atoms with Crippen LogP contribution in [0.4, 0.5) is 5.69 Å². The normalized spacial score (nSPS) is 17.7. The average Bonchev–Trinajstić information content (AvgIpc) is 2.92. The third-order valence-electron chi connectivity index (χ3n) is 4.08. The van der Waals surface area contributed by atoms with Crippen LogP contribution in [0.15, 0.2) is 58.4 Å². The van der Waals surface area contributed by atoms with E-state index >= 15 is 0 Å². The van der Waals surface area contributed by atoms with Gasteiger partial charge in [-0.05, 0) is 44.2 Å². The van der Waals surface area contributed by atoms with Gasteiger partial charge in [-0.1, -0.05) is 29.8 Å². The van der Waals surface area contributed by atoms with E-state index in [4.69, 9.17) is 16.3 Å². The number of ether oxygens (including phenoxy) is 1. The quantitative estimate of drug-likeness (QED) is 0.699. The zero-order valence-corrected chi connectivity index (χ0v) is 17.1. The van der Waals surface area contributed by atoms with E-state index in [0.717, 1.165) is 0 Å². The number of hydrogen-bond donors (Lipinski definition) is 2. The first kappa shape index (κ1) is 20.8. The Kier molecular flexibility index (Phi) is 5.90. The van der Waals surface area contributed by atoms with Crippen LogP contribution in [0.25, 0.3) is 0 Å². The van der Waals surface area contributed by atoms with Crippen LogP contribution >= 0.6 is 11.6 Å². The third-order valence-corrected chi connectivity index (χ3v) is 5.71. The predicted molar refractivity (Wildman–Crippen MR) is 108 cm³/mol. The Morgan fingerprint density at radius 3 is 2.59 bits per heavy atom. The summed E-state index contributed by atoms with van der Waals surface area (Å²) >= 11 is 5.87. The Bertz CT molecular complexity index is 1100. The molecule has 1 aliphatic rings. The number of amidine groups is 1. The van der Waals surface area contributed by atoms with Crippen LogP contribution < -0.4 is 10.0 Å². The van der Waals surface area contributed by atoms with Gasteiger partial charge in [0, 0.05) is 16.3 Å². The maximum Gasteiger partial charge on any atom is 0.331 e. The van der Waals surface area contributed by atoms with Crippen LogP contribution in [0, 0.1) is 0 Å². The van der Waals surface area contributed by atoms with Gasteiger partial charge in [0.05, 0.1) is 4.90 Å². The summed E-state index contributed by atoms with van der Waals surface area (Å²) in [5, 5.41) is 3.05. The van der Waals surface area contributed by atoms with Gasteiger partial charge in [-0.3, -0.25) is 14.5 Å². The van der Waals surface area contributed by atoms with Crippen LogP contribution in [-0.4, -0.2) is 38.3 Å². The van der Waals surface area contributed by atoms with Gasteiger partial charge >= 0.3 is 5.97 Å². The number of benzene rings is 2. The molecule has 0 fully saturated rings. The molecule has 1 heterocycles. The van der Waals surface area contributed by atoms with Crippen molar-refractivity contribution in [2.75, 3.05) is 5.32 Å². The number of fused-ring (bicyclic) bond motifs is 1. The summed E-state index contributed by atoms with van der Waals surface area (Å²) in [4.78, 5) is 28.7. The fraction of sp³-hybridized carbons (Fsp3) is 0.211. The molecule has 0 spiro atoms. The molecule has 0 radical (unpaired) electrons. The largest absolute Gasteiger partial charge is 0.451 e. The number of sulfonamides is 1. The zero-order valence-electron chi connectivity index (χ0n) is 15.5. The van der Waals surface area contributed by atoms with E-state index in [0.29, 0.717) is 16.3 Å². The van der Waals surface area contributed by atoms with Gasteiger partial charge < -0.3 is 10.1 Å². The number of halogens is 1. The molecular weight excluding hydrogens is 418 g/mol. The smallest absolute Gasteiger partial charge is 0.331 e. The van der Waals surface area contributed by atoms with Gasteiger partial charge in [0.15, 0.2) is 6.10 Å². The minimum absolute atomic E-state index is 0.0566. The van der Waals surface area contributed by atoms with Crippen molar-refractivity contribution in [1.82, 2.24) is 4.72 Å². The first-order chi connectivity index (χ1) is 13.7. The molecule has 0 aromatic heterocycles. The second-order valence-corrected chi connectivity index (χ2v) is 8.42. The molecule has 152 valence electrons. The highest BCUT2D eigenvalue weighted by Gasteiger charge is 2.31. The Balaban J connectivity index is 1.66. The number of carbonyl (C=O) groups excluding carboxylic acids is 2. The molecule has 0 bridgehead atoms. The second kappa shape index (κ2) is 8.22. The number of anilines is 1. The molecule has 8 nitrogen and oxygen atoms in total. The Morgan fingerprint density at radius 1 is 1.14 bits per heavy atom. The minimum atomic E-state index is -3.71. The van der Waals surface area contributed by atoms with Crippen molar-refractivity contribution >= 4 is 45.0 Å². The fourth-order valence-corrected chi connectivity index (χ4v) is 4.04. The molecule has 29 heavy (non-hydrogen) atoms. The summed E-state index contributed by atoms with van der Waals surface area (Å²) < 4.78 is 31.7. The first-order valence-corrected chi connectivity index (χ1v) is 10.5. The lowest BCUT2D eigenvalue weighted by atomic mass is 10.2. The van der Waals surface area contributed by atoms with E-state index in [1.54, 1.807) is 42.5 Å². The maximum atomic E-state index is 12.3. The van der Waals surface area contributed by atoms with Crippen LogP contribution in [0.2, 0.25) is 5.02 Å². The first-order valence-electron chi connectivity index (χ1n) is 8.64. The number of aliphatic imine (C=N–C) groups is 1. The van der Waals surface area contributed by atoms with Gasteiger partial charge in [0.1, 0.15) is 11.9 Å². The lowest BCUT2D eigenvalue weighted by Crippen LogP contribution is -2.33. The summed E-state index contributed by atoms with van der Waals surface area (Å²) in [6.07, 6.45) is -1.09. The standard InChI is InChI=1S/C19H18ClN3O5S/c1-11(21-17-15-8-3-4-9-16(15)29(26,27)23-17)19(25)28-12(2)18(24)22-14-7-5-6-13(20)10-14/h3-12H,1-2H3,(H,21,23)(H,22,24)/t11-,12?/m0/s1. The lowest BCUT2D eigenvalue weighted by Gasteiger charge is -2.15. The molecule has 2 N–H and O–H groups in total. The molecule has 3 rings (SSSR count). The molecule has 0 saturated heterocycles. The molecule has 1 unspecified atom stereocenters. The van der Waals surface area contributed by atoms with Crippen LogP contribution in [0.3, 0.4) is 0 Å². The molecule has 1 amide bonds. The Hall–Kier alpha value is -2.91. The summed E-state index contributed by atoms with van der Waals surface area (Å²) in [6.45, 7) is 2.87. The highest BCUT2D eigenvalue weighted by molar-refractivity contribution is 7.90. The number of carbonyl (C=O) groups is 2. The number of amides is 1. The summed E-state index contributed by atoms with van der Waals surface area (Å²) in [5.74, 6) is -1.25. The topological polar surface area (TPSA) is 114 Å². The summed E-state index contributed by atoms with van der Waals surface area (Å²) in [5.41, 5.74) is 0.842. The number of rotatable bonds is 5. The number of hydrogen-bond acceptors (Lipinski definition) is 6. The highest BCUT2D eigenvalue weighted by atomic mass is 35.5. The molecule has 1 aliphatic heterocycles. The van der Waals surface area contributed by atoms with E-state index in [2.05, 4.69) is 15.0 Å². The maximum absolute atomic E-state index is 12.3. The van der Waals surface area contributed by atoms with E-state index in [1.165, 1.54) is 19.9 Å². The van der Waals surface area contributed by atoms with Crippen molar-refractivity contribution in [3.63, 3.8) is 0 Å².